The lowest BCUT2D eigenvalue weighted by Gasteiger charge is -2.09. The number of methoxy groups -OCH3 is 1. The van der Waals surface area contributed by atoms with Crippen LogP contribution in [0, 0.1) is 0 Å². The summed E-state index contributed by atoms with van der Waals surface area (Å²) < 4.78 is 5.01. The summed E-state index contributed by atoms with van der Waals surface area (Å²) in [5, 5.41) is 12.4. The lowest BCUT2D eigenvalue weighted by Crippen LogP contribution is -2.17. The molecule has 0 aromatic heterocycles. The number of carbonyl (C=O) groups is 1. The molecule has 4 nitrogen and oxygen atoms in total. The summed E-state index contributed by atoms with van der Waals surface area (Å²) in [5.41, 5.74) is 1.12. The first-order valence-corrected chi connectivity index (χ1v) is 5.34. The van der Waals surface area contributed by atoms with Gasteiger partial charge in [0.25, 0.3) is 0 Å². The van der Waals surface area contributed by atoms with E-state index < -0.39 is 5.97 Å². The molecule has 1 aromatic rings. The topological polar surface area (TPSA) is 58.6 Å². The number of ether oxygens (including phenoxy) is 1. The van der Waals surface area contributed by atoms with Crippen LogP contribution in [-0.2, 0) is 6.54 Å². The lowest BCUT2D eigenvalue weighted by molar-refractivity contribution is 0.0695. The zero-order chi connectivity index (χ0) is 11.5. The largest absolute Gasteiger partial charge is 0.497 e. The SMILES string of the molecule is COc1ccc(CNC2CC2)c(C(=O)O)c1. The molecule has 0 bridgehead atoms. The molecule has 0 spiro atoms. The molecule has 1 aliphatic rings. The third kappa shape index (κ3) is 2.52. The Morgan fingerprint density at radius 1 is 1.56 bits per heavy atom. The Bertz CT molecular complexity index is 399. The van der Waals surface area contributed by atoms with Gasteiger partial charge in [0.05, 0.1) is 12.7 Å². The van der Waals surface area contributed by atoms with Gasteiger partial charge >= 0.3 is 5.97 Å². The van der Waals surface area contributed by atoms with Crippen LogP contribution in [0.3, 0.4) is 0 Å². The molecule has 1 saturated carbocycles. The summed E-state index contributed by atoms with van der Waals surface area (Å²) in [5.74, 6) is -0.334. The Morgan fingerprint density at radius 3 is 2.88 bits per heavy atom. The maximum atomic E-state index is 11.1. The quantitative estimate of drug-likeness (QED) is 0.793. The van der Waals surface area contributed by atoms with Crippen LogP contribution in [0.5, 0.6) is 5.75 Å². The molecule has 2 rings (SSSR count). The van der Waals surface area contributed by atoms with Gasteiger partial charge in [-0.15, -0.1) is 0 Å². The van der Waals surface area contributed by atoms with Crippen molar-refractivity contribution < 1.29 is 14.6 Å². The Hall–Kier alpha value is -1.55. The van der Waals surface area contributed by atoms with Crippen molar-refractivity contribution >= 4 is 5.97 Å². The first-order valence-electron chi connectivity index (χ1n) is 5.34. The highest BCUT2D eigenvalue weighted by atomic mass is 16.5. The van der Waals surface area contributed by atoms with Gasteiger partial charge in [0.1, 0.15) is 5.75 Å². The summed E-state index contributed by atoms with van der Waals surface area (Å²) in [6.45, 7) is 0.607. The van der Waals surface area contributed by atoms with E-state index in [2.05, 4.69) is 5.32 Å². The fourth-order valence-electron chi connectivity index (χ4n) is 1.58. The van der Waals surface area contributed by atoms with Gasteiger partial charge in [0.15, 0.2) is 0 Å². The number of hydrogen-bond donors (Lipinski definition) is 2. The van der Waals surface area contributed by atoms with E-state index in [-0.39, 0.29) is 0 Å². The zero-order valence-electron chi connectivity index (χ0n) is 9.19. The molecule has 0 saturated heterocycles. The normalized spacial score (nSPS) is 14.8. The van der Waals surface area contributed by atoms with E-state index >= 15 is 0 Å². The zero-order valence-corrected chi connectivity index (χ0v) is 9.19. The van der Waals surface area contributed by atoms with Gasteiger partial charge in [-0.1, -0.05) is 6.07 Å². The van der Waals surface area contributed by atoms with Crippen LogP contribution in [0.1, 0.15) is 28.8 Å². The van der Waals surface area contributed by atoms with Crippen molar-refractivity contribution in [2.75, 3.05) is 7.11 Å². The van der Waals surface area contributed by atoms with Crippen molar-refractivity contribution in [3.8, 4) is 5.75 Å². The standard InChI is InChI=1S/C12H15NO3/c1-16-10-5-2-8(7-13-9-3-4-9)11(6-10)12(14)15/h2,5-6,9,13H,3-4,7H2,1H3,(H,14,15). The highest BCUT2D eigenvalue weighted by molar-refractivity contribution is 5.89. The summed E-state index contributed by atoms with van der Waals surface area (Å²) in [7, 11) is 1.53. The highest BCUT2D eigenvalue weighted by Crippen LogP contribution is 2.22. The minimum absolute atomic E-state index is 0.313. The predicted molar refractivity (Wildman–Crippen MR) is 59.8 cm³/mol. The van der Waals surface area contributed by atoms with Crippen LogP contribution in [0.25, 0.3) is 0 Å². The van der Waals surface area contributed by atoms with E-state index in [1.807, 2.05) is 0 Å². The first-order chi connectivity index (χ1) is 7.70. The lowest BCUT2D eigenvalue weighted by atomic mass is 10.1. The van der Waals surface area contributed by atoms with Crippen LogP contribution < -0.4 is 10.1 Å². The van der Waals surface area contributed by atoms with Crippen molar-refractivity contribution in [3.05, 3.63) is 29.3 Å². The third-order valence-electron chi connectivity index (χ3n) is 2.71. The highest BCUT2D eigenvalue weighted by Gasteiger charge is 2.21. The molecule has 16 heavy (non-hydrogen) atoms. The van der Waals surface area contributed by atoms with Gasteiger partial charge in [0, 0.05) is 12.6 Å². The van der Waals surface area contributed by atoms with E-state index in [1.54, 1.807) is 18.2 Å². The fraction of sp³-hybridized carbons (Fsp3) is 0.417. The fourth-order valence-corrected chi connectivity index (χ4v) is 1.58. The van der Waals surface area contributed by atoms with E-state index in [9.17, 15) is 4.79 Å². The molecular weight excluding hydrogens is 206 g/mol. The third-order valence-corrected chi connectivity index (χ3v) is 2.71. The summed E-state index contributed by atoms with van der Waals surface area (Å²) in [6, 6.07) is 5.73. The molecule has 0 aliphatic heterocycles. The summed E-state index contributed by atoms with van der Waals surface area (Å²) in [6.07, 6.45) is 2.39. The van der Waals surface area contributed by atoms with Crippen molar-refractivity contribution in [2.45, 2.75) is 25.4 Å². The molecular formula is C12H15NO3. The van der Waals surface area contributed by atoms with E-state index in [0.29, 0.717) is 23.9 Å². The van der Waals surface area contributed by atoms with Gasteiger partial charge in [-0.05, 0) is 30.5 Å². The molecule has 0 amide bonds. The number of benzene rings is 1. The van der Waals surface area contributed by atoms with Crippen LogP contribution in [0.15, 0.2) is 18.2 Å². The van der Waals surface area contributed by atoms with Crippen molar-refractivity contribution in [1.29, 1.82) is 0 Å². The number of aromatic carboxylic acids is 1. The van der Waals surface area contributed by atoms with Gasteiger partial charge in [-0.2, -0.15) is 0 Å². The maximum Gasteiger partial charge on any atom is 0.336 e. The van der Waals surface area contributed by atoms with E-state index in [4.69, 9.17) is 9.84 Å². The Labute approximate surface area is 94.2 Å². The van der Waals surface area contributed by atoms with Crippen molar-refractivity contribution in [3.63, 3.8) is 0 Å². The molecule has 1 aromatic carbocycles. The van der Waals surface area contributed by atoms with Crippen LogP contribution >= 0.6 is 0 Å². The Morgan fingerprint density at radius 2 is 2.31 bits per heavy atom. The second-order valence-corrected chi connectivity index (χ2v) is 3.98. The number of nitrogens with one attached hydrogen (secondary N) is 1. The summed E-state index contributed by atoms with van der Waals surface area (Å²) >= 11 is 0. The first kappa shape index (κ1) is 11.0. The molecule has 1 fully saturated rings. The number of carboxylic acid groups (broad SMARTS) is 1. The van der Waals surface area contributed by atoms with Gasteiger partial charge < -0.3 is 15.2 Å². The average Bonchev–Trinajstić information content (AvgIpc) is 3.09. The average molecular weight is 221 g/mol. The second kappa shape index (κ2) is 4.53. The molecule has 0 radical (unpaired) electrons. The number of rotatable bonds is 5. The van der Waals surface area contributed by atoms with Gasteiger partial charge in [-0.25, -0.2) is 4.79 Å². The minimum Gasteiger partial charge on any atom is -0.497 e. The number of carboxylic acids is 1. The monoisotopic (exact) mass is 221 g/mol. The molecule has 4 heteroatoms. The second-order valence-electron chi connectivity index (χ2n) is 3.98. The molecule has 1 aliphatic carbocycles. The molecule has 2 N–H and O–H groups in total. The van der Waals surface area contributed by atoms with Gasteiger partial charge in [-0.3, -0.25) is 0 Å². The van der Waals surface area contributed by atoms with Crippen molar-refractivity contribution in [2.24, 2.45) is 0 Å². The van der Waals surface area contributed by atoms with Crippen LogP contribution in [-0.4, -0.2) is 24.2 Å². The van der Waals surface area contributed by atoms with Crippen molar-refractivity contribution in [1.82, 2.24) is 5.32 Å². The molecule has 86 valence electrons. The molecule has 0 atom stereocenters. The predicted octanol–water partition coefficient (Wildman–Crippen LogP) is 1.65. The maximum absolute atomic E-state index is 11.1. The van der Waals surface area contributed by atoms with E-state index in [0.717, 1.165) is 5.56 Å². The van der Waals surface area contributed by atoms with Crippen LogP contribution in [0.2, 0.25) is 0 Å². The van der Waals surface area contributed by atoms with Gasteiger partial charge in [0.2, 0.25) is 0 Å². The van der Waals surface area contributed by atoms with E-state index in [1.165, 1.54) is 20.0 Å². The minimum atomic E-state index is -0.911. The van der Waals surface area contributed by atoms with Crippen LogP contribution in [0.4, 0.5) is 0 Å². The Kier molecular flexibility index (Phi) is 3.10. The Balaban J connectivity index is 2.16. The molecule has 0 unspecified atom stereocenters. The smallest absolute Gasteiger partial charge is 0.336 e. The molecule has 0 heterocycles. The summed E-state index contributed by atoms with van der Waals surface area (Å²) in [4.78, 5) is 11.1. The number of hydrogen-bond acceptors (Lipinski definition) is 3.